The van der Waals surface area contributed by atoms with E-state index in [1.54, 1.807) is 6.92 Å². The molecule has 0 aromatic rings. The van der Waals surface area contributed by atoms with Gasteiger partial charge in [0.2, 0.25) is 0 Å². The number of alkyl halides is 1. The normalized spacial score (nSPS) is 47.6. The second kappa shape index (κ2) is 6.55. The number of Topliss-reactive ketones (excluding diaryl/α,β-unsaturated/α-hetero) is 1. The van der Waals surface area contributed by atoms with E-state index in [9.17, 15) is 14.3 Å². The number of fused-ring (bicyclic) bond motifs is 1. The predicted molar refractivity (Wildman–Crippen MR) is 94.4 cm³/mol. The van der Waals surface area contributed by atoms with Crippen LogP contribution in [-0.2, 0) is 4.79 Å². The van der Waals surface area contributed by atoms with Gasteiger partial charge in [0.25, 0.3) is 0 Å². The molecule has 0 aliphatic heterocycles. The molecule has 1 N–H and O–H groups in total. The summed E-state index contributed by atoms with van der Waals surface area (Å²) in [7, 11) is 0. The first kappa shape index (κ1) is 18.1. The molecule has 0 bridgehead atoms. The van der Waals surface area contributed by atoms with E-state index >= 15 is 0 Å². The van der Waals surface area contributed by atoms with Gasteiger partial charge in [0.15, 0.2) is 0 Å². The van der Waals surface area contributed by atoms with E-state index in [-0.39, 0.29) is 11.3 Å². The molecule has 6 unspecified atom stereocenters. The molecule has 6 atom stereocenters. The Balaban J connectivity index is 1.71. The highest BCUT2D eigenvalue weighted by molar-refractivity contribution is 5.79. The Morgan fingerprint density at radius 2 is 2.04 bits per heavy atom. The minimum absolute atomic E-state index is 0.201. The maximum absolute atomic E-state index is 13.2. The van der Waals surface area contributed by atoms with Crippen molar-refractivity contribution in [1.29, 1.82) is 0 Å². The molecule has 136 valence electrons. The van der Waals surface area contributed by atoms with Crippen LogP contribution >= 0.6 is 0 Å². The molecule has 0 radical (unpaired) electrons. The van der Waals surface area contributed by atoms with Gasteiger partial charge in [0.1, 0.15) is 12.5 Å². The van der Waals surface area contributed by atoms with E-state index < -0.39 is 12.3 Å². The molecule has 3 rings (SSSR count). The van der Waals surface area contributed by atoms with Crippen molar-refractivity contribution < 1.29 is 14.3 Å². The lowest BCUT2D eigenvalue weighted by atomic mass is 9.58. The second-order valence-corrected chi connectivity index (χ2v) is 9.02. The molecule has 24 heavy (non-hydrogen) atoms. The lowest BCUT2D eigenvalue weighted by molar-refractivity contribution is -0.125. The molecule has 0 aromatic carbocycles. The van der Waals surface area contributed by atoms with Gasteiger partial charge in [0, 0.05) is 5.92 Å². The molecule has 0 aromatic heterocycles. The first-order chi connectivity index (χ1) is 11.3. The number of hydrogen-bond donors (Lipinski definition) is 1. The van der Waals surface area contributed by atoms with Crippen molar-refractivity contribution in [2.24, 2.45) is 29.1 Å². The van der Waals surface area contributed by atoms with Gasteiger partial charge in [-0.15, -0.1) is 0 Å². The van der Waals surface area contributed by atoms with Crippen LogP contribution in [0.5, 0.6) is 0 Å². The first-order valence-electron chi connectivity index (χ1n) is 9.77. The van der Waals surface area contributed by atoms with Crippen molar-refractivity contribution in [2.75, 3.05) is 6.67 Å². The second-order valence-electron chi connectivity index (χ2n) is 9.02. The summed E-state index contributed by atoms with van der Waals surface area (Å²) in [5, 5.41) is 10.3. The van der Waals surface area contributed by atoms with E-state index in [1.165, 1.54) is 24.8 Å². The number of aliphatic hydroxyl groups is 1. The standard InChI is InChI=1S/C21H33FO2/c1-4-15-12-21(24,13-22)10-8-18(15)16-7-9-20(3)17(11-16)5-6-19(20)14(2)23/h4,16-19,24H,5-13H2,1-3H3. The SMILES string of the molecule is CC=C1CC(O)(CF)CCC1C1CCC2(C)C(CCC2C(C)=O)C1. The molecule has 3 aliphatic rings. The van der Waals surface area contributed by atoms with Crippen LogP contribution in [0.15, 0.2) is 11.6 Å². The summed E-state index contributed by atoms with van der Waals surface area (Å²) in [5.41, 5.74) is 0.331. The Bertz CT molecular complexity index is 528. The molecule has 3 fully saturated rings. The van der Waals surface area contributed by atoms with Crippen LogP contribution in [0.3, 0.4) is 0 Å². The Morgan fingerprint density at radius 1 is 1.29 bits per heavy atom. The molecule has 0 heterocycles. The number of hydrogen-bond acceptors (Lipinski definition) is 2. The smallest absolute Gasteiger partial charge is 0.133 e. The number of rotatable bonds is 3. The number of allylic oxidation sites excluding steroid dienone is 1. The third kappa shape index (κ3) is 2.98. The van der Waals surface area contributed by atoms with Gasteiger partial charge < -0.3 is 5.11 Å². The van der Waals surface area contributed by atoms with Crippen molar-refractivity contribution in [2.45, 2.75) is 77.7 Å². The third-order valence-electron chi connectivity index (χ3n) is 7.78. The van der Waals surface area contributed by atoms with E-state index in [0.29, 0.717) is 36.4 Å². The molecular weight excluding hydrogens is 303 g/mol. The Morgan fingerprint density at radius 3 is 2.67 bits per heavy atom. The molecule has 3 heteroatoms. The first-order valence-corrected chi connectivity index (χ1v) is 9.77. The number of halogens is 1. The van der Waals surface area contributed by atoms with Gasteiger partial charge in [0.05, 0.1) is 5.60 Å². The quantitative estimate of drug-likeness (QED) is 0.748. The van der Waals surface area contributed by atoms with Crippen LogP contribution in [0, 0.1) is 29.1 Å². The molecule has 3 aliphatic carbocycles. The summed E-state index contributed by atoms with van der Waals surface area (Å²) in [4.78, 5) is 12.0. The van der Waals surface area contributed by atoms with E-state index in [2.05, 4.69) is 13.0 Å². The highest BCUT2D eigenvalue weighted by atomic mass is 19.1. The van der Waals surface area contributed by atoms with Crippen molar-refractivity contribution >= 4 is 5.78 Å². The average Bonchev–Trinajstić information content (AvgIpc) is 2.91. The van der Waals surface area contributed by atoms with Crippen molar-refractivity contribution in [3.63, 3.8) is 0 Å². The largest absolute Gasteiger partial charge is 0.387 e. The maximum Gasteiger partial charge on any atom is 0.133 e. The van der Waals surface area contributed by atoms with Crippen LogP contribution in [0.4, 0.5) is 4.39 Å². The predicted octanol–water partition coefficient (Wildman–Crippen LogP) is 4.86. The number of carbonyl (C=O) groups excluding carboxylic acids is 1. The average molecular weight is 336 g/mol. The van der Waals surface area contributed by atoms with Crippen LogP contribution < -0.4 is 0 Å². The van der Waals surface area contributed by atoms with Gasteiger partial charge in [-0.2, -0.15) is 0 Å². The van der Waals surface area contributed by atoms with Crippen LogP contribution in [-0.4, -0.2) is 23.2 Å². The van der Waals surface area contributed by atoms with Gasteiger partial charge in [-0.25, -0.2) is 4.39 Å². The maximum atomic E-state index is 13.2. The van der Waals surface area contributed by atoms with E-state index in [4.69, 9.17) is 0 Å². The topological polar surface area (TPSA) is 37.3 Å². The minimum Gasteiger partial charge on any atom is -0.387 e. The van der Waals surface area contributed by atoms with Gasteiger partial charge in [-0.3, -0.25) is 4.79 Å². The Hall–Kier alpha value is -0.700. The van der Waals surface area contributed by atoms with Crippen molar-refractivity contribution in [1.82, 2.24) is 0 Å². The molecule has 0 amide bonds. The summed E-state index contributed by atoms with van der Waals surface area (Å²) in [5.74, 6) is 2.43. The van der Waals surface area contributed by atoms with Gasteiger partial charge in [-0.05, 0) is 88.4 Å². The van der Waals surface area contributed by atoms with Gasteiger partial charge in [-0.1, -0.05) is 18.6 Å². The summed E-state index contributed by atoms with van der Waals surface area (Å²) >= 11 is 0. The zero-order chi connectivity index (χ0) is 17.5. The van der Waals surface area contributed by atoms with Gasteiger partial charge >= 0.3 is 0 Å². The van der Waals surface area contributed by atoms with Crippen molar-refractivity contribution in [3.8, 4) is 0 Å². The Kier molecular flexibility index (Phi) is 4.94. The van der Waals surface area contributed by atoms with Crippen LogP contribution in [0.1, 0.15) is 72.1 Å². The van der Waals surface area contributed by atoms with Crippen LogP contribution in [0.25, 0.3) is 0 Å². The third-order valence-corrected chi connectivity index (χ3v) is 7.78. The zero-order valence-electron chi connectivity index (χ0n) is 15.5. The monoisotopic (exact) mass is 336 g/mol. The highest BCUT2D eigenvalue weighted by Crippen LogP contribution is 2.59. The molecule has 2 nitrogen and oxygen atoms in total. The molecule has 0 saturated heterocycles. The molecule has 3 saturated carbocycles. The van der Waals surface area contributed by atoms with E-state index in [1.807, 2.05) is 6.92 Å². The fraction of sp³-hybridized carbons (Fsp3) is 0.857. The fourth-order valence-corrected chi connectivity index (χ4v) is 6.27. The summed E-state index contributed by atoms with van der Waals surface area (Å²) in [6.45, 7) is 5.50. The summed E-state index contributed by atoms with van der Waals surface area (Å²) < 4.78 is 13.2. The Labute approximate surface area is 145 Å². The highest BCUT2D eigenvalue weighted by Gasteiger charge is 2.52. The summed E-state index contributed by atoms with van der Waals surface area (Å²) in [6, 6.07) is 0. The fourth-order valence-electron chi connectivity index (χ4n) is 6.27. The number of ketones is 1. The summed E-state index contributed by atoms with van der Waals surface area (Å²) in [6.07, 6.45) is 9.88. The minimum atomic E-state index is -1.13. The molecular formula is C21H33FO2. The van der Waals surface area contributed by atoms with E-state index in [0.717, 1.165) is 19.3 Å². The number of carbonyl (C=O) groups is 1. The zero-order valence-corrected chi connectivity index (χ0v) is 15.5. The molecule has 0 spiro atoms. The van der Waals surface area contributed by atoms with Crippen LogP contribution in [0.2, 0.25) is 0 Å². The lowest BCUT2D eigenvalue weighted by Crippen LogP contribution is -2.42. The van der Waals surface area contributed by atoms with Crippen molar-refractivity contribution in [3.05, 3.63) is 11.6 Å². The lowest BCUT2D eigenvalue weighted by Gasteiger charge is -2.47.